The Morgan fingerprint density at radius 2 is 0.708 bits per heavy atom. The van der Waals surface area contributed by atoms with Gasteiger partial charge in [0.2, 0.25) is 0 Å². The second-order valence-electron chi connectivity index (χ2n) is 21.0. The summed E-state index contributed by atoms with van der Waals surface area (Å²) < 4.78 is 34.9. The van der Waals surface area contributed by atoms with E-state index in [0.29, 0.717) is 24.1 Å². The molecule has 0 aromatic carbocycles. The second kappa shape index (κ2) is 49.9. The molecule has 0 aliphatic rings. The number of nitrogens with zero attached hydrogens (tertiary/aromatic N) is 1. The zero-order valence-corrected chi connectivity index (χ0v) is 45.4. The molecular formula is C56H114NO7P. The third-order valence-corrected chi connectivity index (χ3v) is 14.1. The van der Waals surface area contributed by atoms with Crippen molar-refractivity contribution in [2.24, 2.45) is 0 Å². The molecule has 0 aromatic heterocycles. The molecule has 2 unspecified atom stereocenters. The topological polar surface area (TPSA) is 94.1 Å². The summed E-state index contributed by atoms with van der Waals surface area (Å²) in [5.74, 6) is -0.324. The van der Waals surface area contributed by atoms with Gasteiger partial charge in [-0.1, -0.05) is 277 Å². The quantitative estimate of drug-likeness (QED) is 0.0259. The predicted molar refractivity (Wildman–Crippen MR) is 278 cm³/mol. The molecule has 0 heterocycles. The van der Waals surface area contributed by atoms with E-state index in [1.54, 1.807) is 0 Å². The van der Waals surface area contributed by atoms with Crippen molar-refractivity contribution in [2.45, 2.75) is 302 Å². The largest absolute Gasteiger partial charge is 0.756 e. The fourth-order valence-corrected chi connectivity index (χ4v) is 9.46. The number of hydrogen-bond acceptors (Lipinski definition) is 7. The van der Waals surface area contributed by atoms with Gasteiger partial charge in [-0.25, -0.2) is 0 Å². The number of rotatable bonds is 55. The molecule has 2 atom stereocenters. The van der Waals surface area contributed by atoms with E-state index in [1.807, 2.05) is 21.1 Å². The average molecular weight is 945 g/mol. The van der Waals surface area contributed by atoms with Crippen molar-refractivity contribution in [3.05, 3.63) is 0 Å². The van der Waals surface area contributed by atoms with Crippen LogP contribution in [0.25, 0.3) is 0 Å². The molecule has 0 rings (SSSR count). The molecule has 8 nitrogen and oxygen atoms in total. The van der Waals surface area contributed by atoms with Crippen LogP contribution in [0, 0.1) is 0 Å². The Morgan fingerprint density at radius 1 is 0.415 bits per heavy atom. The zero-order chi connectivity index (χ0) is 47.6. The smallest absolute Gasteiger partial charge is 0.306 e. The highest BCUT2D eigenvalue weighted by molar-refractivity contribution is 7.45. The highest BCUT2D eigenvalue weighted by Crippen LogP contribution is 2.38. The van der Waals surface area contributed by atoms with E-state index < -0.39 is 13.9 Å². The summed E-state index contributed by atoms with van der Waals surface area (Å²) in [7, 11) is 1.38. The number of carbonyl (C=O) groups is 1. The van der Waals surface area contributed by atoms with Crippen molar-refractivity contribution in [1.82, 2.24) is 0 Å². The molecule has 0 saturated carbocycles. The molecule has 0 saturated heterocycles. The van der Waals surface area contributed by atoms with Gasteiger partial charge in [0.25, 0.3) is 7.82 Å². The number of quaternary nitrogens is 1. The normalized spacial score (nSPS) is 13.4. The molecule has 0 fully saturated rings. The van der Waals surface area contributed by atoms with E-state index in [1.165, 1.54) is 244 Å². The lowest BCUT2D eigenvalue weighted by atomic mass is 10.0. The summed E-state index contributed by atoms with van der Waals surface area (Å²) in [5, 5.41) is 0. The molecule has 390 valence electrons. The predicted octanol–water partition coefficient (Wildman–Crippen LogP) is 17.3. The van der Waals surface area contributed by atoms with E-state index in [2.05, 4.69) is 13.8 Å². The monoisotopic (exact) mass is 944 g/mol. The van der Waals surface area contributed by atoms with Gasteiger partial charge < -0.3 is 27.9 Å². The summed E-state index contributed by atoms with van der Waals surface area (Å²) in [6, 6.07) is 0. The number of carbonyl (C=O) groups excluding carboxylic acids is 1. The first kappa shape index (κ1) is 64.5. The van der Waals surface area contributed by atoms with E-state index in [-0.39, 0.29) is 25.8 Å². The van der Waals surface area contributed by atoms with Crippen molar-refractivity contribution in [3.8, 4) is 0 Å². The first-order valence-electron chi connectivity index (χ1n) is 28.8. The van der Waals surface area contributed by atoms with E-state index in [4.69, 9.17) is 18.5 Å². The van der Waals surface area contributed by atoms with E-state index >= 15 is 0 Å². The minimum atomic E-state index is -4.53. The zero-order valence-electron chi connectivity index (χ0n) is 44.5. The van der Waals surface area contributed by atoms with E-state index in [9.17, 15) is 14.3 Å². The number of esters is 1. The highest BCUT2D eigenvalue weighted by atomic mass is 31.2. The molecule has 0 N–H and O–H groups in total. The first-order chi connectivity index (χ1) is 31.6. The standard InChI is InChI=1S/C56H114NO7P/c1-6-8-10-12-14-16-18-20-22-24-26-27-28-29-30-31-32-34-36-38-40-42-44-46-48-51-61-53-55(54-63-65(59,60)62-52-50-57(3,4)5)64-56(58)49-47-45-43-41-39-37-35-33-25-23-21-19-17-15-13-11-9-7-2/h55H,6-54H2,1-5H3. The van der Waals surface area contributed by atoms with Gasteiger partial charge in [0, 0.05) is 13.0 Å². The number of likely N-dealkylation sites (N-methyl/N-ethyl adjacent to an activating group) is 1. The third kappa shape index (κ3) is 54.3. The van der Waals surface area contributed by atoms with Crippen molar-refractivity contribution in [3.63, 3.8) is 0 Å². The van der Waals surface area contributed by atoms with Crippen LogP contribution in [-0.2, 0) is 27.9 Å². The van der Waals surface area contributed by atoms with Crippen LogP contribution in [-0.4, -0.2) is 70.7 Å². The maximum absolute atomic E-state index is 12.8. The van der Waals surface area contributed by atoms with Crippen LogP contribution >= 0.6 is 7.82 Å². The summed E-state index contributed by atoms with van der Waals surface area (Å²) in [4.78, 5) is 25.2. The van der Waals surface area contributed by atoms with Gasteiger partial charge in [-0.15, -0.1) is 0 Å². The maximum atomic E-state index is 12.8. The van der Waals surface area contributed by atoms with Gasteiger partial charge in [0.05, 0.1) is 34.4 Å². The third-order valence-electron chi connectivity index (χ3n) is 13.2. The molecule has 0 aromatic rings. The molecule has 0 aliphatic heterocycles. The van der Waals surface area contributed by atoms with Crippen molar-refractivity contribution >= 4 is 13.8 Å². The number of ether oxygens (including phenoxy) is 2. The van der Waals surface area contributed by atoms with Gasteiger partial charge in [-0.3, -0.25) is 9.36 Å². The molecular weight excluding hydrogens is 830 g/mol. The van der Waals surface area contributed by atoms with Gasteiger partial charge in [-0.2, -0.15) is 0 Å². The van der Waals surface area contributed by atoms with Crippen molar-refractivity contribution in [1.29, 1.82) is 0 Å². The van der Waals surface area contributed by atoms with Crippen LogP contribution in [0.1, 0.15) is 296 Å². The lowest BCUT2D eigenvalue weighted by Crippen LogP contribution is -2.37. The second-order valence-corrected chi connectivity index (χ2v) is 22.4. The van der Waals surface area contributed by atoms with Crippen LogP contribution in [0.4, 0.5) is 0 Å². The number of unbranched alkanes of at least 4 members (excludes halogenated alkanes) is 41. The number of hydrogen-bond donors (Lipinski definition) is 0. The number of phosphoric acid groups is 1. The molecule has 0 aliphatic carbocycles. The van der Waals surface area contributed by atoms with Gasteiger partial charge in [0.1, 0.15) is 19.3 Å². The fourth-order valence-electron chi connectivity index (χ4n) is 8.73. The average Bonchev–Trinajstić information content (AvgIpc) is 3.27. The van der Waals surface area contributed by atoms with Crippen LogP contribution in [0.3, 0.4) is 0 Å². The van der Waals surface area contributed by atoms with E-state index in [0.717, 1.165) is 32.1 Å². The molecule has 0 radical (unpaired) electrons. The molecule has 9 heteroatoms. The summed E-state index contributed by atoms with van der Waals surface area (Å²) >= 11 is 0. The lowest BCUT2D eigenvalue weighted by Gasteiger charge is -2.28. The Kier molecular flexibility index (Phi) is 49.5. The van der Waals surface area contributed by atoms with Gasteiger partial charge in [0.15, 0.2) is 0 Å². The highest BCUT2D eigenvalue weighted by Gasteiger charge is 2.20. The maximum Gasteiger partial charge on any atom is 0.306 e. The Hall–Kier alpha value is -0.500. The molecule has 0 bridgehead atoms. The fraction of sp³-hybridized carbons (Fsp3) is 0.982. The molecule has 0 spiro atoms. The Labute approximate surface area is 406 Å². The minimum absolute atomic E-state index is 0.0319. The minimum Gasteiger partial charge on any atom is -0.756 e. The van der Waals surface area contributed by atoms with Gasteiger partial charge in [-0.05, 0) is 12.8 Å². The molecule has 0 amide bonds. The van der Waals surface area contributed by atoms with Gasteiger partial charge >= 0.3 is 5.97 Å². The van der Waals surface area contributed by atoms with Crippen molar-refractivity contribution < 1.29 is 37.3 Å². The van der Waals surface area contributed by atoms with Crippen LogP contribution in [0.5, 0.6) is 0 Å². The van der Waals surface area contributed by atoms with Crippen LogP contribution < -0.4 is 4.89 Å². The molecule has 65 heavy (non-hydrogen) atoms. The van der Waals surface area contributed by atoms with Crippen LogP contribution in [0.15, 0.2) is 0 Å². The lowest BCUT2D eigenvalue weighted by molar-refractivity contribution is -0.870. The first-order valence-corrected chi connectivity index (χ1v) is 30.2. The summed E-state index contributed by atoms with van der Waals surface area (Å²) in [6.45, 7) is 5.51. The Bertz CT molecular complexity index is 1010. The Morgan fingerprint density at radius 3 is 1.02 bits per heavy atom. The van der Waals surface area contributed by atoms with Crippen molar-refractivity contribution in [2.75, 3.05) is 54.1 Å². The Balaban J connectivity index is 3.99. The SMILES string of the molecule is CCCCCCCCCCCCCCCCCCCCCCCCCCCOCC(COP(=O)([O-])OCC[N+](C)(C)C)OC(=O)CCCCCCCCCCCCCCCCCCCC. The van der Waals surface area contributed by atoms with Crippen LogP contribution in [0.2, 0.25) is 0 Å². The number of phosphoric ester groups is 1. The summed E-state index contributed by atoms with van der Waals surface area (Å²) in [6.07, 6.45) is 57.2. The summed E-state index contributed by atoms with van der Waals surface area (Å²) in [5.41, 5.74) is 0.